The first-order chi connectivity index (χ1) is 25.9. The van der Waals surface area contributed by atoms with Gasteiger partial charge in [0.05, 0.1) is 62.2 Å². The summed E-state index contributed by atoms with van der Waals surface area (Å²) >= 11 is 1.44. The molecule has 2 aliphatic heterocycles. The van der Waals surface area contributed by atoms with Gasteiger partial charge in [-0.15, -0.1) is 0 Å². The number of nitrogens with one attached hydrogen (secondary N) is 2. The van der Waals surface area contributed by atoms with Crippen molar-refractivity contribution in [1.29, 1.82) is 0 Å². The second-order valence-corrected chi connectivity index (χ2v) is 16.3. The first-order valence-electron chi connectivity index (χ1n) is 19.3. The van der Waals surface area contributed by atoms with Crippen LogP contribution in [0, 0.1) is 0 Å². The fourth-order valence-corrected chi connectivity index (χ4v) is 8.63. The normalized spacial score (nSPS) is 19.0. The summed E-state index contributed by atoms with van der Waals surface area (Å²) in [4.78, 5) is 25.7. The van der Waals surface area contributed by atoms with Crippen molar-refractivity contribution in [3.05, 3.63) is 70.5 Å². The van der Waals surface area contributed by atoms with Gasteiger partial charge in [-0.3, -0.25) is 19.0 Å². The summed E-state index contributed by atoms with van der Waals surface area (Å²) in [5, 5.41) is 9.45. The predicted octanol–water partition coefficient (Wildman–Crippen LogP) is 8.06. The number of rotatable bonds is 10. The monoisotopic (exact) mass is 739 g/mol. The molecule has 2 aromatic heterocycles. The molecule has 8 rings (SSSR count). The molecule has 10 nitrogen and oxygen atoms in total. The topological polar surface area (TPSA) is 109 Å². The molecule has 4 aromatic rings. The average molecular weight is 740 g/mol. The van der Waals surface area contributed by atoms with Gasteiger partial charge < -0.3 is 24.1 Å². The molecule has 4 aliphatic rings. The molecule has 11 heteroatoms. The van der Waals surface area contributed by atoms with E-state index in [9.17, 15) is 9.59 Å². The SMILES string of the molecule is COCC1CNCCO1.COc1ccc2c(c1)C=C(c1c(C=O)cnn1C1CCC1)Cn1c-2c(C2CCCCC2)c2ccc(C(=O)NSC(C)C)cc21. The van der Waals surface area contributed by atoms with Crippen LogP contribution >= 0.6 is 11.9 Å². The van der Waals surface area contributed by atoms with Gasteiger partial charge in [-0.1, -0.05) is 39.2 Å². The molecule has 2 saturated carbocycles. The van der Waals surface area contributed by atoms with E-state index < -0.39 is 0 Å². The number of carbonyl (C=O) groups excluding carboxylic acids is 2. The number of benzene rings is 2. The van der Waals surface area contributed by atoms with Crippen molar-refractivity contribution in [3.8, 4) is 17.0 Å². The van der Waals surface area contributed by atoms with Crippen molar-refractivity contribution in [3.63, 3.8) is 0 Å². The van der Waals surface area contributed by atoms with Crippen molar-refractivity contribution in [2.75, 3.05) is 40.5 Å². The van der Waals surface area contributed by atoms with Crippen molar-refractivity contribution in [1.82, 2.24) is 24.4 Å². The zero-order chi connectivity index (χ0) is 36.9. The Labute approximate surface area is 317 Å². The van der Waals surface area contributed by atoms with Gasteiger partial charge >= 0.3 is 0 Å². The summed E-state index contributed by atoms with van der Waals surface area (Å²) < 4.78 is 23.5. The Hall–Kier alpha value is -3.90. The highest BCUT2D eigenvalue weighted by Gasteiger charge is 2.32. The van der Waals surface area contributed by atoms with Crippen LogP contribution < -0.4 is 14.8 Å². The number of amides is 1. The van der Waals surface area contributed by atoms with Crippen LogP contribution in [0.3, 0.4) is 0 Å². The number of morpholine rings is 1. The minimum atomic E-state index is -0.0822. The molecule has 3 fully saturated rings. The van der Waals surface area contributed by atoms with Gasteiger partial charge in [0.2, 0.25) is 0 Å². The lowest BCUT2D eigenvalue weighted by molar-refractivity contribution is -0.0188. The molecule has 0 radical (unpaired) electrons. The molecule has 4 heterocycles. The third-order valence-electron chi connectivity index (χ3n) is 11.0. The Morgan fingerprint density at radius 3 is 2.58 bits per heavy atom. The van der Waals surface area contributed by atoms with Crippen LogP contribution in [0.25, 0.3) is 33.8 Å². The zero-order valence-corrected chi connectivity index (χ0v) is 32.3. The molecule has 1 atom stereocenters. The maximum atomic E-state index is 13.3. The number of nitrogens with zero attached hydrogens (tertiary/aromatic N) is 3. The van der Waals surface area contributed by atoms with Crippen LogP contribution in [0.15, 0.2) is 42.6 Å². The summed E-state index contributed by atoms with van der Waals surface area (Å²) in [6, 6.07) is 12.9. The first kappa shape index (κ1) is 37.4. The van der Waals surface area contributed by atoms with Crippen LogP contribution in [0.5, 0.6) is 5.75 Å². The highest BCUT2D eigenvalue weighted by molar-refractivity contribution is 7.98. The molecule has 0 spiro atoms. The van der Waals surface area contributed by atoms with Gasteiger partial charge in [0.1, 0.15) is 5.75 Å². The Morgan fingerprint density at radius 1 is 1.08 bits per heavy atom. The number of methoxy groups -OCH3 is 2. The molecule has 1 amide bonds. The molecule has 0 bridgehead atoms. The van der Waals surface area contributed by atoms with E-state index in [-0.39, 0.29) is 12.0 Å². The molecule has 282 valence electrons. The van der Waals surface area contributed by atoms with Crippen LogP contribution in [0.1, 0.15) is 115 Å². The number of fused-ring (bicyclic) bond motifs is 5. The summed E-state index contributed by atoms with van der Waals surface area (Å²) in [7, 11) is 3.39. The number of hydrogen-bond donors (Lipinski definition) is 2. The zero-order valence-electron chi connectivity index (χ0n) is 31.5. The number of ether oxygens (including phenoxy) is 3. The summed E-state index contributed by atoms with van der Waals surface area (Å²) in [6.07, 6.45) is 14.5. The largest absolute Gasteiger partial charge is 0.497 e. The quantitative estimate of drug-likeness (QED) is 0.124. The number of carbonyl (C=O) groups is 2. The Bertz CT molecular complexity index is 1950. The minimum absolute atomic E-state index is 0.0822. The second kappa shape index (κ2) is 17.1. The highest BCUT2D eigenvalue weighted by Crippen LogP contribution is 2.48. The van der Waals surface area contributed by atoms with Gasteiger partial charge in [-0.2, -0.15) is 5.10 Å². The third-order valence-corrected chi connectivity index (χ3v) is 11.7. The van der Waals surface area contributed by atoms with Crippen LogP contribution in [0.4, 0.5) is 0 Å². The first-order valence-corrected chi connectivity index (χ1v) is 20.1. The summed E-state index contributed by atoms with van der Waals surface area (Å²) in [5.74, 6) is 1.16. The molecule has 2 aliphatic carbocycles. The Balaban J connectivity index is 0.000000425. The van der Waals surface area contributed by atoms with Crippen LogP contribution in [-0.4, -0.2) is 78.4 Å². The van der Waals surface area contributed by atoms with Crippen molar-refractivity contribution < 1.29 is 23.8 Å². The number of aldehydes is 1. The van der Waals surface area contributed by atoms with Gasteiger partial charge in [-0.05, 0) is 103 Å². The Morgan fingerprint density at radius 2 is 1.91 bits per heavy atom. The molecular weight excluding hydrogens is 687 g/mol. The van der Waals surface area contributed by atoms with Crippen molar-refractivity contribution in [2.45, 2.75) is 95.1 Å². The molecule has 1 saturated heterocycles. The van der Waals surface area contributed by atoms with E-state index >= 15 is 0 Å². The fraction of sp³-hybridized carbons (Fsp3) is 0.500. The predicted molar refractivity (Wildman–Crippen MR) is 213 cm³/mol. The van der Waals surface area contributed by atoms with E-state index in [0.29, 0.717) is 41.5 Å². The van der Waals surface area contributed by atoms with Crippen LogP contribution in [0.2, 0.25) is 0 Å². The lowest BCUT2D eigenvalue weighted by atomic mass is 9.81. The lowest BCUT2D eigenvalue weighted by Crippen LogP contribution is -2.40. The van der Waals surface area contributed by atoms with E-state index in [2.05, 4.69) is 63.5 Å². The van der Waals surface area contributed by atoms with Gasteiger partial charge in [0, 0.05) is 47.5 Å². The van der Waals surface area contributed by atoms with Crippen molar-refractivity contribution in [2.24, 2.45) is 0 Å². The lowest BCUT2D eigenvalue weighted by Gasteiger charge is -2.28. The minimum Gasteiger partial charge on any atom is -0.497 e. The smallest absolute Gasteiger partial charge is 0.261 e. The number of hydrogen-bond acceptors (Lipinski definition) is 8. The van der Waals surface area contributed by atoms with Gasteiger partial charge in [0.25, 0.3) is 5.91 Å². The summed E-state index contributed by atoms with van der Waals surface area (Å²) in [5.41, 5.74) is 9.09. The average Bonchev–Trinajstić information content (AvgIpc) is 3.67. The molecule has 2 aromatic carbocycles. The van der Waals surface area contributed by atoms with E-state index in [0.717, 1.165) is 85.3 Å². The van der Waals surface area contributed by atoms with Crippen molar-refractivity contribution >= 4 is 46.7 Å². The van der Waals surface area contributed by atoms with Crippen LogP contribution in [-0.2, 0) is 16.0 Å². The summed E-state index contributed by atoms with van der Waals surface area (Å²) in [6.45, 7) is 8.12. The second-order valence-electron chi connectivity index (χ2n) is 14.9. The molecule has 1 unspecified atom stereocenters. The number of allylic oxidation sites excluding steroid dienone is 1. The maximum absolute atomic E-state index is 13.3. The highest BCUT2D eigenvalue weighted by atomic mass is 32.2. The maximum Gasteiger partial charge on any atom is 0.261 e. The fourth-order valence-electron chi connectivity index (χ4n) is 8.17. The van der Waals surface area contributed by atoms with E-state index in [1.807, 2.05) is 12.1 Å². The van der Waals surface area contributed by atoms with E-state index in [1.54, 1.807) is 20.4 Å². The van der Waals surface area contributed by atoms with E-state index in [1.165, 1.54) is 54.3 Å². The standard InChI is InChI=1S/C36H40N4O3S.C6H13NO2/c1-22(2)44-38-36(42)24-12-14-31-32(18-24)39-20-26(34-27(21-41)19-37-40(34)28-10-7-11-28)16-25-17-29(43-3)13-15-30(25)35(39)33(31)23-8-5-4-6-9-23;1-8-5-6-4-7-2-3-9-6/h12-19,21-23,28H,4-11,20H2,1-3H3,(H,38,42);6-7H,2-5H2,1H3. The van der Waals surface area contributed by atoms with Gasteiger partial charge in [0.15, 0.2) is 6.29 Å². The Kier molecular flexibility index (Phi) is 12.0. The molecule has 2 N–H and O–H groups in total. The third kappa shape index (κ3) is 7.99. The molecular formula is C42H53N5O5S. The number of aromatic nitrogens is 3. The molecule has 53 heavy (non-hydrogen) atoms. The van der Waals surface area contributed by atoms with Gasteiger partial charge in [-0.25, -0.2) is 0 Å². The van der Waals surface area contributed by atoms with E-state index in [4.69, 9.17) is 19.3 Å².